The summed E-state index contributed by atoms with van der Waals surface area (Å²) in [6, 6.07) is 0. The lowest BCUT2D eigenvalue weighted by molar-refractivity contribution is 1.70. The molecular formula is C6H13ClSi. The van der Waals surface area contributed by atoms with Crippen molar-refractivity contribution in [3.05, 3.63) is 11.8 Å². The van der Waals surface area contributed by atoms with Crippen LogP contribution in [0.3, 0.4) is 0 Å². The minimum atomic E-state index is -0.943. The average Bonchev–Trinajstić information content (AvgIpc) is 1.59. The Morgan fingerprint density at radius 1 is 1.38 bits per heavy atom. The third-order valence-corrected chi connectivity index (χ3v) is 2.12. The first-order valence-electron chi connectivity index (χ1n) is 2.80. The molecule has 0 saturated heterocycles. The van der Waals surface area contributed by atoms with E-state index in [1.54, 1.807) is 0 Å². The highest BCUT2D eigenvalue weighted by Crippen LogP contribution is 2.01. The van der Waals surface area contributed by atoms with Crippen molar-refractivity contribution in [2.75, 3.05) is 5.88 Å². The molecular weight excluding hydrogens is 136 g/mol. The lowest BCUT2D eigenvalue weighted by atomic mass is 10.8. The van der Waals surface area contributed by atoms with Crippen LogP contribution in [0.25, 0.3) is 0 Å². The smallest absolute Gasteiger partial charge is 0.0683 e. The highest BCUT2D eigenvalue weighted by molar-refractivity contribution is 6.81. The molecule has 0 unspecified atom stereocenters. The maximum Gasteiger partial charge on any atom is 0.0683 e. The second-order valence-corrected chi connectivity index (χ2v) is 8.30. The van der Waals surface area contributed by atoms with Gasteiger partial charge in [0.05, 0.1) is 8.07 Å². The van der Waals surface area contributed by atoms with Gasteiger partial charge < -0.3 is 0 Å². The lowest BCUT2D eigenvalue weighted by Gasteiger charge is -2.06. The molecule has 0 bridgehead atoms. The van der Waals surface area contributed by atoms with Crippen molar-refractivity contribution in [1.29, 1.82) is 0 Å². The third kappa shape index (κ3) is 6.25. The Labute approximate surface area is 57.6 Å². The van der Waals surface area contributed by atoms with Crippen molar-refractivity contribution in [2.45, 2.75) is 19.6 Å². The van der Waals surface area contributed by atoms with Crippen molar-refractivity contribution >= 4 is 19.7 Å². The predicted octanol–water partition coefficient (Wildman–Crippen LogP) is 2.66. The molecule has 8 heavy (non-hydrogen) atoms. The first-order chi connectivity index (χ1) is 3.56. The van der Waals surface area contributed by atoms with Crippen LogP contribution in [0.1, 0.15) is 0 Å². The molecule has 0 spiro atoms. The predicted molar refractivity (Wildman–Crippen MR) is 43.2 cm³/mol. The topological polar surface area (TPSA) is 0 Å². The summed E-state index contributed by atoms with van der Waals surface area (Å²) < 4.78 is 0. The molecule has 0 atom stereocenters. The fourth-order valence-corrected chi connectivity index (χ4v) is 1.46. The summed E-state index contributed by atoms with van der Waals surface area (Å²) in [5.74, 6) is 0.657. The molecule has 0 fully saturated rings. The Morgan fingerprint density at radius 3 is 2.00 bits per heavy atom. The van der Waals surface area contributed by atoms with E-state index in [1.807, 2.05) is 6.08 Å². The zero-order chi connectivity index (χ0) is 6.62. The van der Waals surface area contributed by atoms with E-state index in [4.69, 9.17) is 11.6 Å². The Kier molecular flexibility index (Phi) is 3.41. The van der Waals surface area contributed by atoms with Gasteiger partial charge in [0.2, 0.25) is 0 Å². The molecule has 0 N–H and O–H groups in total. The van der Waals surface area contributed by atoms with Crippen molar-refractivity contribution in [3.8, 4) is 0 Å². The summed E-state index contributed by atoms with van der Waals surface area (Å²) in [7, 11) is -0.943. The first-order valence-corrected chi connectivity index (χ1v) is 6.91. The van der Waals surface area contributed by atoms with E-state index in [0.717, 1.165) is 0 Å². The molecule has 0 radical (unpaired) electrons. The van der Waals surface area contributed by atoms with Crippen LogP contribution in [-0.4, -0.2) is 14.0 Å². The van der Waals surface area contributed by atoms with Gasteiger partial charge in [0.25, 0.3) is 0 Å². The molecule has 2 heteroatoms. The molecule has 0 aliphatic rings. The Hall–Kier alpha value is 0.247. The van der Waals surface area contributed by atoms with Gasteiger partial charge in [0.1, 0.15) is 0 Å². The summed E-state index contributed by atoms with van der Waals surface area (Å²) in [4.78, 5) is 0. The summed E-state index contributed by atoms with van der Waals surface area (Å²) in [6.45, 7) is 6.86. The van der Waals surface area contributed by atoms with Crippen LogP contribution >= 0.6 is 11.6 Å². The van der Waals surface area contributed by atoms with Gasteiger partial charge in [0.15, 0.2) is 0 Å². The first kappa shape index (κ1) is 8.25. The largest absolute Gasteiger partial charge is 0.122 e. The van der Waals surface area contributed by atoms with Crippen LogP contribution in [0.2, 0.25) is 19.6 Å². The number of hydrogen-bond donors (Lipinski definition) is 0. The highest BCUT2D eigenvalue weighted by Gasteiger charge is 2.05. The molecule has 48 valence electrons. The normalized spacial score (nSPS) is 13.0. The fourth-order valence-electron chi connectivity index (χ4n) is 0.398. The maximum absolute atomic E-state index is 5.44. The Balaban J connectivity index is 3.52. The molecule has 0 aliphatic carbocycles. The minimum Gasteiger partial charge on any atom is -0.122 e. The van der Waals surface area contributed by atoms with Crippen LogP contribution in [0, 0.1) is 0 Å². The summed E-state index contributed by atoms with van der Waals surface area (Å²) >= 11 is 5.44. The van der Waals surface area contributed by atoms with Crippen LogP contribution in [0.15, 0.2) is 11.8 Å². The van der Waals surface area contributed by atoms with Gasteiger partial charge in [-0.05, 0) is 0 Å². The van der Waals surface area contributed by atoms with E-state index >= 15 is 0 Å². The average molecular weight is 149 g/mol. The standard InChI is InChI=1S/C6H13ClSi/c1-8(2,3)6-4-5-7/h4,6H,5H2,1-3H3. The highest BCUT2D eigenvalue weighted by atomic mass is 35.5. The lowest BCUT2D eigenvalue weighted by Crippen LogP contribution is -2.15. The van der Waals surface area contributed by atoms with Gasteiger partial charge in [-0.3, -0.25) is 0 Å². The van der Waals surface area contributed by atoms with Gasteiger partial charge >= 0.3 is 0 Å². The monoisotopic (exact) mass is 148 g/mol. The SMILES string of the molecule is C[Si](C)(C)C=CCCl. The molecule has 0 saturated carbocycles. The molecule has 0 aromatic rings. The number of halogens is 1. The molecule has 0 heterocycles. The Morgan fingerprint density at radius 2 is 1.88 bits per heavy atom. The number of hydrogen-bond acceptors (Lipinski definition) is 0. The zero-order valence-electron chi connectivity index (χ0n) is 5.74. The Bertz CT molecular complexity index is 81.0. The fraction of sp³-hybridized carbons (Fsp3) is 0.667. The van der Waals surface area contributed by atoms with Crippen molar-refractivity contribution in [1.82, 2.24) is 0 Å². The van der Waals surface area contributed by atoms with Crippen molar-refractivity contribution < 1.29 is 0 Å². The van der Waals surface area contributed by atoms with E-state index in [1.165, 1.54) is 0 Å². The van der Waals surface area contributed by atoms with E-state index in [9.17, 15) is 0 Å². The summed E-state index contributed by atoms with van der Waals surface area (Å²) in [5, 5.41) is 0. The van der Waals surface area contributed by atoms with Crippen LogP contribution < -0.4 is 0 Å². The maximum atomic E-state index is 5.44. The van der Waals surface area contributed by atoms with Crippen LogP contribution in [0.4, 0.5) is 0 Å². The van der Waals surface area contributed by atoms with E-state index < -0.39 is 8.07 Å². The van der Waals surface area contributed by atoms with Gasteiger partial charge in [-0.25, -0.2) is 0 Å². The molecule has 0 rings (SSSR count). The second-order valence-electron chi connectivity index (χ2n) is 2.92. The summed E-state index contributed by atoms with van der Waals surface area (Å²) in [6.07, 6.45) is 2.04. The summed E-state index contributed by atoms with van der Waals surface area (Å²) in [5.41, 5.74) is 2.25. The zero-order valence-corrected chi connectivity index (χ0v) is 7.50. The van der Waals surface area contributed by atoms with E-state index in [2.05, 4.69) is 25.3 Å². The number of allylic oxidation sites excluding steroid dienone is 1. The molecule has 0 aromatic heterocycles. The minimum absolute atomic E-state index is 0.657. The van der Waals surface area contributed by atoms with Gasteiger partial charge in [-0.15, -0.1) is 11.6 Å². The number of alkyl halides is 1. The third-order valence-electron chi connectivity index (χ3n) is 0.707. The van der Waals surface area contributed by atoms with Gasteiger partial charge in [-0.1, -0.05) is 31.4 Å². The number of rotatable bonds is 2. The van der Waals surface area contributed by atoms with Gasteiger partial charge in [-0.2, -0.15) is 0 Å². The molecule has 0 aromatic carbocycles. The van der Waals surface area contributed by atoms with E-state index in [0.29, 0.717) is 5.88 Å². The molecule has 0 aliphatic heterocycles. The van der Waals surface area contributed by atoms with Crippen LogP contribution in [0.5, 0.6) is 0 Å². The van der Waals surface area contributed by atoms with Crippen LogP contribution in [-0.2, 0) is 0 Å². The molecule has 0 amide bonds. The quantitative estimate of drug-likeness (QED) is 0.417. The molecule has 0 nitrogen and oxygen atoms in total. The van der Waals surface area contributed by atoms with Gasteiger partial charge in [0, 0.05) is 5.88 Å². The van der Waals surface area contributed by atoms with Crippen molar-refractivity contribution in [2.24, 2.45) is 0 Å². The van der Waals surface area contributed by atoms with Crippen molar-refractivity contribution in [3.63, 3.8) is 0 Å². The second kappa shape index (κ2) is 3.31. The van der Waals surface area contributed by atoms with E-state index in [-0.39, 0.29) is 0 Å².